The number of nitrogens with zero attached hydrogens (tertiary/aromatic N) is 2. The van der Waals surface area contributed by atoms with E-state index in [1.165, 1.54) is 18.1 Å². The number of likely N-dealkylation sites (N-methyl/N-ethyl adjacent to an activating group) is 1. The van der Waals surface area contributed by atoms with E-state index in [0.717, 1.165) is 0 Å². The summed E-state index contributed by atoms with van der Waals surface area (Å²) in [6.45, 7) is -0.158. The molecule has 0 bridgehead atoms. The molecule has 6 nitrogen and oxygen atoms in total. The van der Waals surface area contributed by atoms with Crippen molar-refractivity contribution >= 4 is 17.5 Å². The van der Waals surface area contributed by atoms with Gasteiger partial charge in [0.05, 0.1) is 12.2 Å². The third kappa shape index (κ3) is 2.67. The number of amides is 2. The molecule has 1 aromatic heterocycles. The third-order valence-corrected chi connectivity index (χ3v) is 1.78. The maximum absolute atomic E-state index is 11.7. The van der Waals surface area contributed by atoms with E-state index in [2.05, 4.69) is 4.98 Å². The Labute approximate surface area is 86.9 Å². The number of nitrogen functional groups attached to an aromatic ring is 1. The van der Waals surface area contributed by atoms with E-state index in [4.69, 9.17) is 11.5 Å². The van der Waals surface area contributed by atoms with Gasteiger partial charge in [-0.25, -0.2) is 4.98 Å². The summed E-state index contributed by atoms with van der Waals surface area (Å²) in [5, 5.41) is 0. The molecule has 80 valence electrons. The van der Waals surface area contributed by atoms with Crippen molar-refractivity contribution in [2.45, 2.75) is 0 Å². The van der Waals surface area contributed by atoms with Crippen molar-refractivity contribution in [2.75, 3.05) is 19.3 Å². The second kappa shape index (κ2) is 4.41. The Bertz CT molecular complexity index is 391. The predicted molar refractivity (Wildman–Crippen MR) is 54.8 cm³/mol. The second-order valence-corrected chi connectivity index (χ2v) is 3.07. The van der Waals surface area contributed by atoms with E-state index in [1.54, 1.807) is 12.1 Å². The molecule has 0 spiro atoms. The Morgan fingerprint density at radius 2 is 2.20 bits per heavy atom. The summed E-state index contributed by atoms with van der Waals surface area (Å²) in [6.07, 6.45) is 1.46. The van der Waals surface area contributed by atoms with Crippen LogP contribution in [-0.2, 0) is 4.79 Å². The molecule has 0 radical (unpaired) electrons. The van der Waals surface area contributed by atoms with Gasteiger partial charge in [0.15, 0.2) is 5.69 Å². The Balaban J connectivity index is 2.85. The van der Waals surface area contributed by atoms with Crippen LogP contribution in [0.15, 0.2) is 18.3 Å². The smallest absolute Gasteiger partial charge is 0.274 e. The highest BCUT2D eigenvalue weighted by atomic mass is 16.2. The minimum Gasteiger partial charge on any atom is -0.397 e. The lowest BCUT2D eigenvalue weighted by Gasteiger charge is -2.15. The SMILES string of the molecule is CN(CC(N)=O)C(=O)c1ncccc1N. The molecule has 1 rings (SSSR count). The predicted octanol–water partition coefficient (Wildman–Crippen LogP) is -0.779. The molecular weight excluding hydrogens is 196 g/mol. The number of carbonyl (C=O) groups excluding carboxylic acids is 2. The third-order valence-electron chi connectivity index (χ3n) is 1.78. The number of anilines is 1. The number of hydrogen-bond acceptors (Lipinski definition) is 4. The van der Waals surface area contributed by atoms with Crippen LogP contribution in [0.3, 0.4) is 0 Å². The Kier molecular flexibility index (Phi) is 3.22. The zero-order valence-corrected chi connectivity index (χ0v) is 8.30. The van der Waals surface area contributed by atoms with E-state index in [9.17, 15) is 9.59 Å². The topological polar surface area (TPSA) is 102 Å². The van der Waals surface area contributed by atoms with Gasteiger partial charge in [0.25, 0.3) is 5.91 Å². The molecule has 6 heteroatoms. The van der Waals surface area contributed by atoms with Gasteiger partial charge in [-0.2, -0.15) is 0 Å². The summed E-state index contributed by atoms with van der Waals surface area (Å²) in [7, 11) is 1.46. The van der Waals surface area contributed by atoms with Crippen molar-refractivity contribution in [2.24, 2.45) is 5.73 Å². The van der Waals surface area contributed by atoms with Crippen molar-refractivity contribution < 1.29 is 9.59 Å². The number of primary amides is 1. The van der Waals surface area contributed by atoms with Crippen LogP contribution in [0, 0.1) is 0 Å². The maximum atomic E-state index is 11.7. The number of rotatable bonds is 3. The normalized spacial score (nSPS) is 9.67. The Morgan fingerprint density at radius 1 is 1.53 bits per heavy atom. The first kappa shape index (κ1) is 11.0. The summed E-state index contributed by atoms with van der Waals surface area (Å²) in [4.78, 5) is 27.3. The fraction of sp³-hybridized carbons (Fsp3) is 0.222. The maximum Gasteiger partial charge on any atom is 0.274 e. The minimum atomic E-state index is -0.583. The average molecular weight is 208 g/mol. The number of pyridine rings is 1. The van der Waals surface area contributed by atoms with Gasteiger partial charge < -0.3 is 16.4 Å². The van der Waals surface area contributed by atoms with E-state index < -0.39 is 11.8 Å². The van der Waals surface area contributed by atoms with Crippen LogP contribution in [0.2, 0.25) is 0 Å². The summed E-state index contributed by atoms with van der Waals surface area (Å²) >= 11 is 0. The van der Waals surface area contributed by atoms with Crippen LogP contribution in [0.1, 0.15) is 10.5 Å². The molecule has 0 saturated heterocycles. The lowest BCUT2D eigenvalue weighted by atomic mass is 10.2. The summed E-state index contributed by atoms with van der Waals surface area (Å²) < 4.78 is 0. The lowest BCUT2D eigenvalue weighted by Crippen LogP contribution is -2.36. The molecule has 1 heterocycles. The van der Waals surface area contributed by atoms with Crippen LogP contribution < -0.4 is 11.5 Å². The number of carbonyl (C=O) groups is 2. The molecule has 1 aromatic rings. The zero-order chi connectivity index (χ0) is 11.4. The van der Waals surface area contributed by atoms with Crippen molar-refractivity contribution in [1.82, 2.24) is 9.88 Å². The first-order valence-corrected chi connectivity index (χ1v) is 4.26. The van der Waals surface area contributed by atoms with Crippen molar-refractivity contribution in [3.63, 3.8) is 0 Å². The molecule has 0 fully saturated rings. The van der Waals surface area contributed by atoms with Crippen molar-refractivity contribution in [1.29, 1.82) is 0 Å². The molecule has 0 unspecified atom stereocenters. The van der Waals surface area contributed by atoms with Gasteiger partial charge in [-0.05, 0) is 12.1 Å². The molecule has 0 aliphatic heterocycles. The van der Waals surface area contributed by atoms with E-state index >= 15 is 0 Å². The largest absolute Gasteiger partial charge is 0.397 e. The quantitative estimate of drug-likeness (QED) is 0.680. The van der Waals surface area contributed by atoms with Crippen LogP contribution in [0.5, 0.6) is 0 Å². The highest BCUT2D eigenvalue weighted by molar-refractivity contribution is 5.98. The highest BCUT2D eigenvalue weighted by Crippen LogP contribution is 2.08. The summed E-state index contributed by atoms with van der Waals surface area (Å²) in [6, 6.07) is 3.19. The molecule has 2 amide bonds. The van der Waals surface area contributed by atoms with Crippen LogP contribution >= 0.6 is 0 Å². The molecule has 0 aliphatic carbocycles. The standard InChI is InChI=1S/C9H12N4O2/c1-13(5-7(11)14)9(15)8-6(10)3-2-4-12-8/h2-4H,5,10H2,1H3,(H2,11,14). The highest BCUT2D eigenvalue weighted by Gasteiger charge is 2.16. The Morgan fingerprint density at radius 3 is 2.73 bits per heavy atom. The molecule has 4 N–H and O–H groups in total. The minimum absolute atomic E-state index is 0.126. The van der Waals surface area contributed by atoms with Gasteiger partial charge >= 0.3 is 0 Å². The zero-order valence-electron chi connectivity index (χ0n) is 8.30. The molecule has 0 aliphatic rings. The van der Waals surface area contributed by atoms with Gasteiger partial charge in [0, 0.05) is 13.2 Å². The first-order chi connectivity index (χ1) is 7.02. The summed E-state index contributed by atoms with van der Waals surface area (Å²) in [5.74, 6) is -1.01. The van der Waals surface area contributed by atoms with Gasteiger partial charge in [0.2, 0.25) is 5.91 Å². The van der Waals surface area contributed by atoms with Gasteiger partial charge in [-0.3, -0.25) is 9.59 Å². The van der Waals surface area contributed by atoms with Crippen LogP contribution in [0.25, 0.3) is 0 Å². The van der Waals surface area contributed by atoms with Crippen molar-refractivity contribution in [3.05, 3.63) is 24.0 Å². The average Bonchev–Trinajstić information content (AvgIpc) is 2.16. The molecular formula is C9H12N4O2. The van der Waals surface area contributed by atoms with E-state index in [1.807, 2.05) is 0 Å². The van der Waals surface area contributed by atoms with Gasteiger partial charge in [-0.15, -0.1) is 0 Å². The van der Waals surface area contributed by atoms with Gasteiger partial charge in [0.1, 0.15) is 0 Å². The first-order valence-electron chi connectivity index (χ1n) is 4.26. The van der Waals surface area contributed by atoms with Crippen LogP contribution in [-0.4, -0.2) is 35.3 Å². The number of nitrogens with two attached hydrogens (primary N) is 2. The fourth-order valence-electron chi connectivity index (χ4n) is 1.08. The lowest BCUT2D eigenvalue weighted by molar-refractivity contribution is -0.118. The van der Waals surface area contributed by atoms with E-state index in [-0.39, 0.29) is 17.9 Å². The second-order valence-electron chi connectivity index (χ2n) is 3.07. The molecule has 15 heavy (non-hydrogen) atoms. The Hall–Kier alpha value is -2.11. The van der Waals surface area contributed by atoms with Crippen LogP contribution in [0.4, 0.5) is 5.69 Å². The summed E-state index contributed by atoms with van der Waals surface area (Å²) in [5.41, 5.74) is 10.9. The molecule has 0 saturated carbocycles. The number of aromatic nitrogens is 1. The molecule has 0 aromatic carbocycles. The fourth-order valence-corrected chi connectivity index (χ4v) is 1.08. The van der Waals surface area contributed by atoms with Gasteiger partial charge in [-0.1, -0.05) is 0 Å². The number of hydrogen-bond donors (Lipinski definition) is 2. The van der Waals surface area contributed by atoms with Crippen molar-refractivity contribution in [3.8, 4) is 0 Å². The monoisotopic (exact) mass is 208 g/mol. The van der Waals surface area contributed by atoms with E-state index in [0.29, 0.717) is 0 Å². The molecule has 0 atom stereocenters.